The van der Waals surface area contributed by atoms with Crippen molar-refractivity contribution in [2.75, 3.05) is 31.1 Å². The van der Waals surface area contributed by atoms with Crippen LogP contribution in [0.2, 0.25) is 0 Å². The van der Waals surface area contributed by atoms with E-state index in [0.717, 1.165) is 13.1 Å². The first-order valence-corrected chi connectivity index (χ1v) is 10.5. The Bertz CT molecular complexity index is 798. The summed E-state index contributed by atoms with van der Waals surface area (Å²) in [6.07, 6.45) is 11.1. The van der Waals surface area contributed by atoms with Gasteiger partial charge in [0.2, 0.25) is 0 Å². The van der Waals surface area contributed by atoms with Crippen molar-refractivity contribution in [3.8, 4) is 0 Å². The third-order valence-electron chi connectivity index (χ3n) is 7.12. The molecule has 1 unspecified atom stereocenters. The quantitative estimate of drug-likeness (QED) is 0.840. The molecular weight excluding hydrogens is 322 g/mol. The summed E-state index contributed by atoms with van der Waals surface area (Å²) in [7, 11) is 0. The predicted octanol–water partition coefficient (Wildman–Crippen LogP) is 3.84. The highest BCUT2D eigenvalue weighted by Gasteiger charge is 2.32. The number of anilines is 1. The lowest BCUT2D eigenvalue weighted by molar-refractivity contribution is 0.260. The molecule has 3 aliphatic rings. The summed E-state index contributed by atoms with van der Waals surface area (Å²) in [6, 6.07) is 1.34. The van der Waals surface area contributed by atoms with Crippen LogP contribution in [-0.4, -0.2) is 51.7 Å². The van der Waals surface area contributed by atoms with E-state index in [-0.39, 0.29) is 0 Å². The number of likely N-dealkylation sites (tertiary alicyclic amines) is 1. The molecule has 0 amide bonds. The molecule has 5 heteroatoms. The standard InChI is InChI=1S/C21H31N5/c1-15-16(2)26(17-7-3-4-8-17)21-19(15)20(22-14-23-21)25-12-9-18(13-25)24-10-5-6-11-24/h14,17-18H,3-13H2,1-2H3. The molecule has 1 saturated carbocycles. The Balaban J connectivity index is 1.51. The van der Waals surface area contributed by atoms with Crippen LogP contribution in [0, 0.1) is 13.8 Å². The average molecular weight is 354 g/mol. The van der Waals surface area contributed by atoms with E-state index in [9.17, 15) is 0 Å². The van der Waals surface area contributed by atoms with Gasteiger partial charge in [-0.05, 0) is 64.6 Å². The lowest BCUT2D eigenvalue weighted by Gasteiger charge is -2.24. The molecule has 0 bridgehead atoms. The molecular formula is C21H31N5. The largest absolute Gasteiger partial charge is 0.354 e. The molecule has 0 spiro atoms. The number of hydrogen-bond donors (Lipinski definition) is 0. The molecule has 26 heavy (non-hydrogen) atoms. The zero-order valence-electron chi connectivity index (χ0n) is 16.2. The first-order chi connectivity index (χ1) is 12.7. The second kappa shape index (κ2) is 6.52. The van der Waals surface area contributed by atoms with Gasteiger partial charge in [0.05, 0.1) is 5.39 Å². The molecule has 4 heterocycles. The van der Waals surface area contributed by atoms with Crippen LogP contribution in [0.25, 0.3) is 11.0 Å². The number of aryl methyl sites for hydroxylation is 1. The number of fused-ring (bicyclic) bond motifs is 1. The van der Waals surface area contributed by atoms with Crippen LogP contribution in [0.3, 0.4) is 0 Å². The third kappa shape index (κ3) is 2.55. The van der Waals surface area contributed by atoms with Gasteiger partial charge >= 0.3 is 0 Å². The molecule has 2 aromatic rings. The summed E-state index contributed by atoms with van der Waals surface area (Å²) in [5.74, 6) is 1.18. The molecule has 2 aromatic heterocycles. The lowest BCUT2D eigenvalue weighted by Crippen LogP contribution is -2.35. The minimum Gasteiger partial charge on any atom is -0.354 e. The molecule has 1 atom stereocenters. The average Bonchev–Trinajstić information content (AvgIpc) is 3.43. The van der Waals surface area contributed by atoms with Gasteiger partial charge in [-0.25, -0.2) is 9.97 Å². The maximum absolute atomic E-state index is 4.77. The van der Waals surface area contributed by atoms with Crippen LogP contribution < -0.4 is 4.90 Å². The maximum atomic E-state index is 4.77. The van der Waals surface area contributed by atoms with Crippen LogP contribution in [0.15, 0.2) is 6.33 Å². The van der Waals surface area contributed by atoms with Gasteiger partial charge in [0.1, 0.15) is 17.8 Å². The van der Waals surface area contributed by atoms with Gasteiger partial charge in [0, 0.05) is 30.9 Å². The summed E-state index contributed by atoms with van der Waals surface area (Å²) in [5, 5.41) is 1.30. The number of nitrogens with zero attached hydrogens (tertiary/aromatic N) is 5. The van der Waals surface area contributed by atoms with Crippen LogP contribution in [0.1, 0.15) is 62.2 Å². The Morgan fingerprint density at radius 2 is 1.65 bits per heavy atom. The summed E-state index contributed by atoms with van der Waals surface area (Å²) in [4.78, 5) is 14.7. The summed E-state index contributed by atoms with van der Waals surface area (Å²) in [6.45, 7) is 9.36. The Kier molecular flexibility index (Phi) is 4.15. The minimum atomic E-state index is 0.630. The molecule has 0 radical (unpaired) electrons. The van der Waals surface area contributed by atoms with Crippen LogP contribution in [0.5, 0.6) is 0 Å². The van der Waals surface area contributed by atoms with Crippen molar-refractivity contribution >= 4 is 16.9 Å². The van der Waals surface area contributed by atoms with Gasteiger partial charge in [0.25, 0.3) is 0 Å². The first kappa shape index (κ1) is 16.5. The van der Waals surface area contributed by atoms with Crippen molar-refractivity contribution in [3.63, 3.8) is 0 Å². The molecule has 3 fully saturated rings. The van der Waals surface area contributed by atoms with Crippen molar-refractivity contribution in [1.29, 1.82) is 0 Å². The smallest absolute Gasteiger partial charge is 0.146 e. The second-order valence-corrected chi connectivity index (χ2v) is 8.55. The highest BCUT2D eigenvalue weighted by molar-refractivity contribution is 5.92. The fraction of sp³-hybridized carbons (Fsp3) is 0.714. The van der Waals surface area contributed by atoms with E-state index in [2.05, 4.69) is 28.2 Å². The van der Waals surface area contributed by atoms with E-state index in [1.165, 1.54) is 86.1 Å². The zero-order chi connectivity index (χ0) is 17.7. The minimum absolute atomic E-state index is 0.630. The highest BCUT2D eigenvalue weighted by Crippen LogP contribution is 2.39. The molecule has 140 valence electrons. The summed E-state index contributed by atoms with van der Waals surface area (Å²) in [5.41, 5.74) is 3.94. The highest BCUT2D eigenvalue weighted by atomic mass is 15.3. The predicted molar refractivity (Wildman–Crippen MR) is 106 cm³/mol. The van der Waals surface area contributed by atoms with Crippen molar-refractivity contribution in [2.24, 2.45) is 0 Å². The fourth-order valence-electron chi connectivity index (χ4n) is 5.59. The number of aromatic nitrogens is 3. The number of hydrogen-bond acceptors (Lipinski definition) is 4. The van der Waals surface area contributed by atoms with E-state index in [1.807, 2.05) is 0 Å². The summed E-state index contributed by atoms with van der Waals surface area (Å²) < 4.78 is 2.52. The van der Waals surface area contributed by atoms with Gasteiger partial charge in [-0.2, -0.15) is 0 Å². The van der Waals surface area contributed by atoms with E-state index >= 15 is 0 Å². The first-order valence-electron chi connectivity index (χ1n) is 10.5. The van der Waals surface area contributed by atoms with Crippen LogP contribution in [0.4, 0.5) is 5.82 Å². The zero-order valence-corrected chi connectivity index (χ0v) is 16.2. The lowest BCUT2D eigenvalue weighted by atomic mass is 10.2. The Hall–Kier alpha value is -1.62. The van der Waals surface area contributed by atoms with Gasteiger partial charge in [0.15, 0.2) is 0 Å². The van der Waals surface area contributed by atoms with E-state index in [0.29, 0.717) is 12.1 Å². The topological polar surface area (TPSA) is 37.2 Å². The molecule has 1 aliphatic carbocycles. The van der Waals surface area contributed by atoms with Gasteiger partial charge in [-0.1, -0.05) is 12.8 Å². The van der Waals surface area contributed by atoms with E-state index in [4.69, 9.17) is 9.97 Å². The van der Waals surface area contributed by atoms with Gasteiger partial charge in [-0.15, -0.1) is 0 Å². The Morgan fingerprint density at radius 1 is 0.885 bits per heavy atom. The third-order valence-corrected chi connectivity index (χ3v) is 7.12. The molecule has 0 aromatic carbocycles. The molecule has 0 N–H and O–H groups in total. The SMILES string of the molecule is Cc1c(C)n(C2CCCC2)c2ncnc(N3CCC(N4CCCC4)C3)c12. The normalized spacial score (nSPS) is 25.2. The Labute approximate surface area is 156 Å². The molecule has 5 rings (SSSR count). The molecule has 5 nitrogen and oxygen atoms in total. The van der Waals surface area contributed by atoms with Gasteiger partial charge in [-0.3, -0.25) is 4.90 Å². The Morgan fingerprint density at radius 3 is 2.42 bits per heavy atom. The second-order valence-electron chi connectivity index (χ2n) is 8.55. The fourth-order valence-corrected chi connectivity index (χ4v) is 5.59. The maximum Gasteiger partial charge on any atom is 0.146 e. The van der Waals surface area contributed by atoms with Crippen LogP contribution in [-0.2, 0) is 0 Å². The number of rotatable bonds is 3. The molecule has 2 saturated heterocycles. The molecule has 2 aliphatic heterocycles. The van der Waals surface area contributed by atoms with E-state index in [1.54, 1.807) is 6.33 Å². The van der Waals surface area contributed by atoms with E-state index < -0.39 is 0 Å². The summed E-state index contributed by atoms with van der Waals surface area (Å²) >= 11 is 0. The van der Waals surface area contributed by atoms with Crippen molar-refractivity contribution in [1.82, 2.24) is 19.4 Å². The van der Waals surface area contributed by atoms with Gasteiger partial charge < -0.3 is 9.47 Å². The van der Waals surface area contributed by atoms with Crippen molar-refractivity contribution < 1.29 is 0 Å². The van der Waals surface area contributed by atoms with Crippen molar-refractivity contribution in [3.05, 3.63) is 17.6 Å². The van der Waals surface area contributed by atoms with Crippen molar-refractivity contribution in [2.45, 2.75) is 70.9 Å². The van der Waals surface area contributed by atoms with Crippen LogP contribution >= 0.6 is 0 Å². The monoisotopic (exact) mass is 353 g/mol.